The quantitative estimate of drug-likeness (QED) is 0.174. The largest absolute Gasteiger partial charge is 0.228 e. The van der Waals surface area contributed by atoms with Crippen LogP contribution in [0.1, 0.15) is 48.6 Å². The molecule has 288 valence electrons. The van der Waals surface area contributed by atoms with E-state index in [9.17, 15) is 0 Å². The summed E-state index contributed by atoms with van der Waals surface area (Å²) >= 11 is 0. The third kappa shape index (κ3) is 5.28. The molecule has 0 amide bonds. The van der Waals surface area contributed by atoms with Crippen molar-refractivity contribution in [3.05, 3.63) is 228 Å². The van der Waals surface area contributed by atoms with Crippen LogP contribution in [-0.4, -0.2) is 9.97 Å². The molecule has 1 atom stereocenters. The van der Waals surface area contributed by atoms with Gasteiger partial charge in [0.2, 0.25) is 0 Å². The molecule has 2 aliphatic rings. The summed E-state index contributed by atoms with van der Waals surface area (Å²) in [6.45, 7) is 7.12. The third-order valence-electron chi connectivity index (χ3n) is 13.8. The SMILES string of the molecule is CC1(C)c2cc(-c3ccc(-c4nc(-c5ccccc5)cc(-c5ccc6c(c5)-c5ccccc5C6(C)c5ccccc5)n4)c4ccccc34)ccc2-c2ccc3ccccc3c21. The van der Waals surface area contributed by atoms with Gasteiger partial charge in [-0.15, -0.1) is 0 Å². The Kier molecular flexibility index (Phi) is 7.74. The molecule has 0 saturated heterocycles. The van der Waals surface area contributed by atoms with Gasteiger partial charge in [0, 0.05) is 27.5 Å². The molecule has 1 aromatic heterocycles. The lowest BCUT2D eigenvalue weighted by molar-refractivity contribution is 0.666. The van der Waals surface area contributed by atoms with Crippen LogP contribution in [0.5, 0.6) is 0 Å². The summed E-state index contributed by atoms with van der Waals surface area (Å²) in [5.41, 5.74) is 18.9. The van der Waals surface area contributed by atoms with Gasteiger partial charge in [0.05, 0.1) is 11.4 Å². The van der Waals surface area contributed by atoms with Gasteiger partial charge in [0.15, 0.2) is 5.82 Å². The molecular weight excluding hydrogens is 737 g/mol. The fourth-order valence-electron chi connectivity index (χ4n) is 10.7. The van der Waals surface area contributed by atoms with Crippen LogP contribution >= 0.6 is 0 Å². The fraction of sp³-hybridized carbons (Fsp3) is 0.0847. The second kappa shape index (κ2) is 13.3. The van der Waals surface area contributed by atoms with E-state index in [2.05, 4.69) is 221 Å². The number of hydrogen-bond donors (Lipinski definition) is 0. The van der Waals surface area contributed by atoms with Crippen molar-refractivity contribution in [2.45, 2.75) is 31.6 Å². The molecule has 0 spiro atoms. The van der Waals surface area contributed by atoms with Crippen LogP contribution in [0.3, 0.4) is 0 Å². The molecule has 2 nitrogen and oxygen atoms in total. The minimum atomic E-state index is -0.259. The summed E-state index contributed by atoms with van der Waals surface area (Å²) in [7, 11) is 0. The topological polar surface area (TPSA) is 25.8 Å². The smallest absolute Gasteiger partial charge is 0.161 e. The van der Waals surface area contributed by atoms with Crippen molar-refractivity contribution in [1.82, 2.24) is 9.97 Å². The van der Waals surface area contributed by atoms with Gasteiger partial charge < -0.3 is 0 Å². The first-order valence-electron chi connectivity index (χ1n) is 21.3. The number of hydrogen-bond acceptors (Lipinski definition) is 2. The van der Waals surface area contributed by atoms with Crippen molar-refractivity contribution in [1.29, 1.82) is 0 Å². The molecule has 61 heavy (non-hydrogen) atoms. The van der Waals surface area contributed by atoms with Gasteiger partial charge in [-0.3, -0.25) is 0 Å². The van der Waals surface area contributed by atoms with E-state index in [0.717, 1.165) is 33.5 Å². The maximum atomic E-state index is 5.43. The Morgan fingerprint density at radius 2 is 0.918 bits per heavy atom. The van der Waals surface area contributed by atoms with Crippen molar-refractivity contribution < 1.29 is 0 Å². The van der Waals surface area contributed by atoms with Gasteiger partial charge >= 0.3 is 0 Å². The van der Waals surface area contributed by atoms with Crippen LogP contribution < -0.4 is 0 Å². The average Bonchev–Trinajstić information content (AvgIpc) is 3.72. The van der Waals surface area contributed by atoms with E-state index in [1.807, 2.05) is 0 Å². The first kappa shape index (κ1) is 35.5. The number of nitrogens with zero attached hydrogens (tertiary/aromatic N) is 2. The van der Waals surface area contributed by atoms with E-state index in [1.165, 1.54) is 77.4 Å². The normalized spacial score (nSPS) is 15.7. The van der Waals surface area contributed by atoms with E-state index in [1.54, 1.807) is 0 Å². The fourth-order valence-corrected chi connectivity index (χ4v) is 10.7. The highest BCUT2D eigenvalue weighted by Crippen LogP contribution is 2.54. The second-order valence-electron chi connectivity index (χ2n) is 17.4. The van der Waals surface area contributed by atoms with E-state index >= 15 is 0 Å². The van der Waals surface area contributed by atoms with Gasteiger partial charge in [-0.2, -0.15) is 0 Å². The van der Waals surface area contributed by atoms with Crippen molar-refractivity contribution in [3.63, 3.8) is 0 Å². The van der Waals surface area contributed by atoms with E-state index in [0.29, 0.717) is 5.82 Å². The number of benzene rings is 9. The molecule has 0 radical (unpaired) electrons. The van der Waals surface area contributed by atoms with Crippen LogP contribution in [0.15, 0.2) is 200 Å². The first-order valence-corrected chi connectivity index (χ1v) is 21.3. The second-order valence-corrected chi connectivity index (χ2v) is 17.4. The highest BCUT2D eigenvalue weighted by Gasteiger charge is 2.41. The van der Waals surface area contributed by atoms with Gasteiger partial charge in [0.25, 0.3) is 0 Å². The molecule has 9 aromatic carbocycles. The van der Waals surface area contributed by atoms with Gasteiger partial charge in [-0.25, -0.2) is 9.97 Å². The highest BCUT2D eigenvalue weighted by atomic mass is 14.9. The lowest BCUT2D eigenvalue weighted by Gasteiger charge is -2.28. The minimum absolute atomic E-state index is 0.140. The maximum Gasteiger partial charge on any atom is 0.161 e. The van der Waals surface area contributed by atoms with Gasteiger partial charge in [-0.1, -0.05) is 190 Å². The van der Waals surface area contributed by atoms with E-state index in [-0.39, 0.29) is 10.8 Å². The van der Waals surface area contributed by atoms with Crippen molar-refractivity contribution >= 4 is 21.5 Å². The predicted octanol–water partition coefficient (Wildman–Crippen LogP) is 15.1. The molecule has 2 heteroatoms. The Balaban J connectivity index is 1.00. The zero-order chi connectivity index (χ0) is 40.9. The van der Waals surface area contributed by atoms with Crippen molar-refractivity contribution in [2.24, 2.45) is 0 Å². The molecule has 1 unspecified atom stereocenters. The van der Waals surface area contributed by atoms with Gasteiger partial charge in [-0.05, 0) is 114 Å². The third-order valence-corrected chi connectivity index (χ3v) is 13.8. The lowest BCUT2D eigenvalue weighted by atomic mass is 9.74. The Hall–Kier alpha value is -7.42. The Morgan fingerprint density at radius 1 is 0.344 bits per heavy atom. The summed E-state index contributed by atoms with van der Waals surface area (Å²) in [6.07, 6.45) is 0. The maximum absolute atomic E-state index is 5.43. The number of aromatic nitrogens is 2. The monoisotopic (exact) mass is 778 g/mol. The van der Waals surface area contributed by atoms with Crippen LogP contribution in [-0.2, 0) is 10.8 Å². The number of fused-ring (bicyclic) bond motifs is 9. The average molecular weight is 779 g/mol. The molecule has 0 N–H and O–H groups in total. The van der Waals surface area contributed by atoms with Crippen LogP contribution in [0, 0.1) is 0 Å². The summed E-state index contributed by atoms with van der Waals surface area (Å²) in [5, 5.41) is 4.94. The molecule has 2 aliphatic carbocycles. The molecule has 1 heterocycles. The Labute approximate surface area is 356 Å². The van der Waals surface area contributed by atoms with Crippen LogP contribution in [0.25, 0.3) is 88.8 Å². The summed E-state index contributed by atoms with van der Waals surface area (Å²) in [4.78, 5) is 10.8. The zero-order valence-electron chi connectivity index (χ0n) is 34.4. The standard InChI is InChI=1S/C59H42N2/c1-58(2)53-35-39(27-29-47(53)48-30-26-37-16-10-11-21-43(37)56(48)58)42-31-32-49(45-23-13-12-22-44(42)45)57-60-54(38-17-6-4-7-18-38)36-55(61-57)40-28-33-52-50(34-40)46-24-14-15-25-51(46)59(52,3)41-19-8-5-9-20-41/h4-36H,1-3H3. The molecule has 12 rings (SSSR count). The number of rotatable bonds is 5. The molecular formula is C59H42N2. The molecule has 0 aliphatic heterocycles. The Morgan fingerprint density at radius 3 is 1.72 bits per heavy atom. The molecule has 10 aromatic rings. The molecule has 0 saturated carbocycles. The first-order chi connectivity index (χ1) is 29.9. The predicted molar refractivity (Wildman–Crippen MR) is 254 cm³/mol. The summed E-state index contributed by atoms with van der Waals surface area (Å²) < 4.78 is 0. The minimum Gasteiger partial charge on any atom is -0.228 e. The summed E-state index contributed by atoms with van der Waals surface area (Å²) in [5.74, 6) is 0.714. The Bertz CT molecular complexity index is 3400. The van der Waals surface area contributed by atoms with Crippen molar-refractivity contribution in [3.8, 4) is 67.3 Å². The van der Waals surface area contributed by atoms with Crippen LogP contribution in [0.2, 0.25) is 0 Å². The molecule has 0 bridgehead atoms. The van der Waals surface area contributed by atoms with Gasteiger partial charge in [0.1, 0.15) is 0 Å². The molecule has 0 fully saturated rings. The lowest BCUT2D eigenvalue weighted by Crippen LogP contribution is -2.22. The van der Waals surface area contributed by atoms with Crippen molar-refractivity contribution in [2.75, 3.05) is 0 Å². The van der Waals surface area contributed by atoms with E-state index < -0.39 is 0 Å². The zero-order valence-corrected chi connectivity index (χ0v) is 34.4. The summed E-state index contributed by atoms with van der Waals surface area (Å²) in [6, 6.07) is 73.1. The highest BCUT2D eigenvalue weighted by molar-refractivity contribution is 6.05. The van der Waals surface area contributed by atoms with Crippen LogP contribution in [0.4, 0.5) is 0 Å². The van der Waals surface area contributed by atoms with E-state index in [4.69, 9.17) is 9.97 Å².